The number of hydrogen-bond donors (Lipinski definition) is 1. The zero-order valence-corrected chi connectivity index (χ0v) is 13.1. The molecular formula is C17H28N2O. The minimum absolute atomic E-state index is 0.703. The summed E-state index contributed by atoms with van der Waals surface area (Å²) in [5, 5.41) is 3.40. The largest absolute Gasteiger partial charge is 0.494 e. The van der Waals surface area contributed by atoms with Gasteiger partial charge in [-0.15, -0.1) is 0 Å². The second-order valence-corrected chi connectivity index (χ2v) is 5.75. The molecule has 0 atom stereocenters. The van der Waals surface area contributed by atoms with E-state index in [9.17, 15) is 0 Å². The van der Waals surface area contributed by atoms with Crippen molar-refractivity contribution >= 4 is 0 Å². The van der Waals surface area contributed by atoms with E-state index in [1.165, 1.54) is 31.2 Å². The van der Waals surface area contributed by atoms with E-state index in [1.807, 2.05) is 13.0 Å². The summed E-state index contributed by atoms with van der Waals surface area (Å²) in [7, 11) is 4.32. The third kappa shape index (κ3) is 3.97. The van der Waals surface area contributed by atoms with Crippen molar-refractivity contribution in [1.82, 2.24) is 10.2 Å². The molecule has 1 aliphatic rings. The van der Waals surface area contributed by atoms with Crippen molar-refractivity contribution in [2.24, 2.45) is 0 Å². The molecule has 2 rings (SSSR count). The maximum absolute atomic E-state index is 5.72. The van der Waals surface area contributed by atoms with Crippen molar-refractivity contribution in [2.75, 3.05) is 20.7 Å². The van der Waals surface area contributed by atoms with Crippen LogP contribution in [0.4, 0.5) is 0 Å². The Morgan fingerprint density at radius 3 is 2.55 bits per heavy atom. The van der Waals surface area contributed by atoms with Crippen molar-refractivity contribution in [1.29, 1.82) is 0 Å². The van der Waals surface area contributed by atoms with Crippen LogP contribution in [0.25, 0.3) is 0 Å². The molecule has 0 aromatic heterocycles. The van der Waals surface area contributed by atoms with Crippen LogP contribution in [0.15, 0.2) is 24.3 Å². The Morgan fingerprint density at radius 2 is 1.90 bits per heavy atom. The molecule has 0 aliphatic heterocycles. The minimum atomic E-state index is 0.703. The Bertz CT molecular complexity index is 400. The topological polar surface area (TPSA) is 24.5 Å². The van der Waals surface area contributed by atoms with Gasteiger partial charge in [0, 0.05) is 24.2 Å². The number of ether oxygens (including phenoxy) is 1. The predicted octanol–water partition coefficient (Wildman–Crippen LogP) is 3.05. The number of rotatable bonds is 6. The highest BCUT2D eigenvalue weighted by Gasteiger charge is 2.23. The zero-order chi connectivity index (χ0) is 14.4. The second kappa shape index (κ2) is 7.65. The molecule has 112 valence electrons. The van der Waals surface area contributed by atoms with Gasteiger partial charge in [-0.05, 0) is 52.8 Å². The molecule has 3 nitrogen and oxygen atoms in total. The first kappa shape index (κ1) is 15.3. The van der Waals surface area contributed by atoms with Crippen LogP contribution >= 0.6 is 0 Å². The Hall–Kier alpha value is -1.06. The Labute approximate surface area is 123 Å². The van der Waals surface area contributed by atoms with Crippen LogP contribution in [0, 0.1) is 0 Å². The van der Waals surface area contributed by atoms with Gasteiger partial charge in [0.15, 0.2) is 0 Å². The molecule has 0 unspecified atom stereocenters. The van der Waals surface area contributed by atoms with Crippen molar-refractivity contribution in [3.05, 3.63) is 29.8 Å². The lowest BCUT2D eigenvalue weighted by Gasteiger charge is -2.34. The Kier molecular flexibility index (Phi) is 5.86. The molecule has 1 fully saturated rings. The van der Waals surface area contributed by atoms with Crippen LogP contribution in [-0.4, -0.2) is 37.7 Å². The summed E-state index contributed by atoms with van der Waals surface area (Å²) in [4.78, 5) is 2.49. The molecule has 20 heavy (non-hydrogen) atoms. The molecule has 3 heteroatoms. The summed E-state index contributed by atoms with van der Waals surface area (Å²) in [6.07, 6.45) is 5.16. The predicted molar refractivity (Wildman–Crippen MR) is 84.2 cm³/mol. The van der Waals surface area contributed by atoms with Gasteiger partial charge in [0.25, 0.3) is 0 Å². The average Bonchev–Trinajstić information content (AvgIpc) is 2.49. The van der Waals surface area contributed by atoms with Gasteiger partial charge in [0.05, 0.1) is 6.61 Å². The third-order valence-electron chi connectivity index (χ3n) is 4.42. The van der Waals surface area contributed by atoms with Crippen molar-refractivity contribution in [2.45, 2.75) is 51.2 Å². The number of nitrogens with zero attached hydrogens (tertiary/aromatic N) is 1. The molecule has 1 N–H and O–H groups in total. The van der Waals surface area contributed by atoms with Gasteiger partial charge in [-0.2, -0.15) is 0 Å². The highest BCUT2D eigenvalue weighted by Crippen LogP contribution is 2.26. The van der Waals surface area contributed by atoms with E-state index in [0.29, 0.717) is 6.04 Å². The highest BCUT2D eigenvalue weighted by atomic mass is 16.5. The fourth-order valence-corrected chi connectivity index (χ4v) is 3.13. The van der Waals surface area contributed by atoms with Gasteiger partial charge in [-0.1, -0.05) is 18.2 Å². The van der Waals surface area contributed by atoms with Crippen LogP contribution in [0.1, 0.15) is 38.2 Å². The van der Waals surface area contributed by atoms with E-state index < -0.39 is 0 Å². The standard InChI is InChI=1S/C17H28N2O/c1-4-20-17-8-6-5-7-14(17)13-19(3)16-11-9-15(18-2)10-12-16/h5-8,15-16,18H,4,9-13H2,1-3H3. The van der Waals surface area contributed by atoms with E-state index in [4.69, 9.17) is 4.74 Å². The fourth-order valence-electron chi connectivity index (χ4n) is 3.13. The maximum atomic E-state index is 5.72. The van der Waals surface area contributed by atoms with Crippen molar-refractivity contribution in [3.8, 4) is 5.75 Å². The molecule has 0 radical (unpaired) electrons. The normalized spacial score (nSPS) is 23.0. The van der Waals surface area contributed by atoms with Crippen molar-refractivity contribution in [3.63, 3.8) is 0 Å². The lowest BCUT2D eigenvalue weighted by molar-refractivity contribution is 0.168. The quantitative estimate of drug-likeness (QED) is 0.864. The van der Waals surface area contributed by atoms with Crippen LogP contribution in [0.2, 0.25) is 0 Å². The van der Waals surface area contributed by atoms with Gasteiger partial charge < -0.3 is 10.1 Å². The molecule has 0 bridgehead atoms. The SMILES string of the molecule is CCOc1ccccc1CN(C)C1CCC(NC)CC1. The molecular weight excluding hydrogens is 248 g/mol. The zero-order valence-electron chi connectivity index (χ0n) is 13.1. The van der Waals surface area contributed by atoms with Crippen LogP contribution in [-0.2, 0) is 6.54 Å². The van der Waals surface area contributed by atoms with E-state index in [1.54, 1.807) is 0 Å². The third-order valence-corrected chi connectivity index (χ3v) is 4.42. The molecule has 0 amide bonds. The lowest BCUT2D eigenvalue weighted by atomic mass is 9.90. The number of hydrogen-bond acceptors (Lipinski definition) is 3. The van der Waals surface area contributed by atoms with Gasteiger partial charge >= 0.3 is 0 Å². The summed E-state index contributed by atoms with van der Waals surface area (Å²) in [6.45, 7) is 3.75. The minimum Gasteiger partial charge on any atom is -0.494 e. The molecule has 1 aromatic carbocycles. The molecule has 1 aromatic rings. The second-order valence-electron chi connectivity index (χ2n) is 5.75. The van der Waals surface area contributed by atoms with Crippen LogP contribution in [0.3, 0.4) is 0 Å². The first-order valence-electron chi connectivity index (χ1n) is 7.82. The van der Waals surface area contributed by atoms with Gasteiger partial charge in [-0.3, -0.25) is 4.90 Å². The smallest absolute Gasteiger partial charge is 0.123 e. The summed E-state index contributed by atoms with van der Waals surface area (Å²) in [6, 6.07) is 9.83. The number of benzene rings is 1. The molecule has 0 heterocycles. The van der Waals surface area contributed by atoms with Gasteiger partial charge in [0.1, 0.15) is 5.75 Å². The first-order valence-corrected chi connectivity index (χ1v) is 7.82. The van der Waals surface area contributed by atoms with Crippen molar-refractivity contribution < 1.29 is 4.74 Å². The van der Waals surface area contributed by atoms with Gasteiger partial charge in [0.2, 0.25) is 0 Å². The summed E-state index contributed by atoms with van der Waals surface area (Å²) in [5.74, 6) is 1.03. The van der Waals surface area contributed by atoms with Crippen LogP contribution in [0.5, 0.6) is 5.75 Å². The van der Waals surface area contributed by atoms with E-state index in [-0.39, 0.29) is 0 Å². The monoisotopic (exact) mass is 276 g/mol. The molecule has 1 saturated carbocycles. The fraction of sp³-hybridized carbons (Fsp3) is 0.647. The maximum Gasteiger partial charge on any atom is 0.123 e. The summed E-state index contributed by atoms with van der Waals surface area (Å²) in [5.41, 5.74) is 1.30. The Balaban J connectivity index is 1.93. The highest BCUT2D eigenvalue weighted by molar-refractivity contribution is 5.33. The van der Waals surface area contributed by atoms with Gasteiger partial charge in [-0.25, -0.2) is 0 Å². The molecule has 0 spiro atoms. The number of nitrogens with one attached hydrogen (secondary N) is 1. The Morgan fingerprint density at radius 1 is 1.20 bits per heavy atom. The first-order chi connectivity index (χ1) is 9.74. The summed E-state index contributed by atoms with van der Waals surface area (Å²) >= 11 is 0. The number of para-hydroxylation sites is 1. The summed E-state index contributed by atoms with van der Waals surface area (Å²) < 4.78 is 5.72. The average molecular weight is 276 g/mol. The molecule has 1 aliphatic carbocycles. The van der Waals surface area contributed by atoms with E-state index in [2.05, 4.69) is 42.5 Å². The van der Waals surface area contributed by atoms with E-state index >= 15 is 0 Å². The molecule has 0 saturated heterocycles. The lowest BCUT2D eigenvalue weighted by Crippen LogP contribution is -2.39. The van der Waals surface area contributed by atoms with E-state index in [0.717, 1.165) is 24.9 Å². The van der Waals surface area contributed by atoms with Crippen LogP contribution < -0.4 is 10.1 Å².